The highest BCUT2D eigenvalue weighted by molar-refractivity contribution is 7.92. The van der Waals surface area contributed by atoms with Crippen molar-refractivity contribution in [2.75, 3.05) is 24.0 Å². The van der Waals surface area contributed by atoms with Crippen LogP contribution in [-0.2, 0) is 21.2 Å². The summed E-state index contributed by atoms with van der Waals surface area (Å²) in [4.78, 5) is 11.6. The molecule has 2 aromatic carbocycles. The molecule has 6 nitrogen and oxygen atoms in total. The summed E-state index contributed by atoms with van der Waals surface area (Å²) < 4.78 is 33.0. The number of hydrogen-bond donors (Lipinski definition) is 1. The van der Waals surface area contributed by atoms with Gasteiger partial charge in [-0.15, -0.1) is 0 Å². The summed E-state index contributed by atoms with van der Waals surface area (Å²) in [5.74, 6) is -0.00361. The van der Waals surface area contributed by atoms with Gasteiger partial charge in [0.05, 0.1) is 15.6 Å². The number of benzene rings is 2. The first kappa shape index (κ1) is 19.5. The van der Waals surface area contributed by atoms with Crippen LogP contribution in [0.25, 0.3) is 0 Å². The van der Waals surface area contributed by atoms with Crippen molar-refractivity contribution >= 4 is 33.2 Å². The molecule has 0 aromatic heterocycles. The topological polar surface area (TPSA) is 75.7 Å². The highest BCUT2D eigenvalue weighted by Crippen LogP contribution is 2.34. The van der Waals surface area contributed by atoms with Gasteiger partial charge in [-0.2, -0.15) is 0 Å². The van der Waals surface area contributed by atoms with E-state index in [1.165, 1.54) is 22.5 Å². The number of rotatable bonds is 6. The van der Waals surface area contributed by atoms with Crippen LogP contribution < -0.4 is 14.4 Å². The van der Waals surface area contributed by atoms with Crippen molar-refractivity contribution in [3.05, 3.63) is 53.1 Å². The Balaban J connectivity index is 1.84. The largest absolute Gasteiger partial charge is 0.482 e. The number of anilines is 1. The summed E-state index contributed by atoms with van der Waals surface area (Å²) in [5.41, 5.74) is 1.72. The molecule has 0 spiro atoms. The molecule has 1 N–H and O–H groups in total. The molecular formula is C19H21ClN2O4S. The van der Waals surface area contributed by atoms with Crippen molar-refractivity contribution in [2.45, 2.75) is 24.7 Å². The average molecular weight is 409 g/mol. The van der Waals surface area contributed by atoms with E-state index in [2.05, 4.69) is 5.32 Å². The minimum absolute atomic E-state index is 0.0922. The SMILES string of the molecule is CCNC(=O)COc1ccc(S(=O)(=O)N2CCCc3ccccc32)cc1Cl. The molecule has 0 bridgehead atoms. The molecule has 0 fully saturated rings. The molecule has 27 heavy (non-hydrogen) atoms. The van der Waals surface area contributed by atoms with Crippen molar-refractivity contribution < 1.29 is 17.9 Å². The molecule has 1 heterocycles. The van der Waals surface area contributed by atoms with E-state index in [1.54, 1.807) is 0 Å². The number of carbonyl (C=O) groups is 1. The standard InChI is InChI=1S/C19H21ClN2O4S/c1-2-21-19(23)13-26-18-10-9-15(12-16(18)20)27(24,25)22-11-5-7-14-6-3-4-8-17(14)22/h3-4,6,8-10,12H,2,5,7,11,13H2,1H3,(H,21,23). The Morgan fingerprint density at radius 3 is 2.78 bits per heavy atom. The lowest BCUT2D eigenvalue weighted by Crippen LogP contribution is -2.35. The molecule has 0 radical (unpaired) electrons. The summed E-state index contributed by atoms with van der Waals surface area (Å²) in [6, 6.07) is 11.8. The van der Waals surface area contributed by atoms with E-state index in [0.717, 1.165) is 18.4 Å². The summed E-state index contributed by atoms with van der Waals surface area (Å²) in [6.45, 7) is 2.55. The van der Waals surface area contributed by atoms with Crippen LogP contribution in [-0.4, -0.2) is 34.0 Å². The van der Waals surface area contributed by atoms with E-state index >= 15 is 0 Å². The Kier molecular flexibility index (Phi) is 5.92. The van der Waals surface area contributed by atoms with Gasteiger partial charge < -0.3 is 10.1 Å². The lowest BCUT2D eigenvalue weighted by molar-refractivity contribution is -0.122. The molecule has 1 amide bonds. The van der Waals surface area contributed by atoms with Crippen LogP contribution in [0.5, 0.6) is 5.75 Å². The predicted molar refractivity (Wildman–Crippen MR) is 105 cm³/mol. The Bertz CT molecular complexity index is 946. The fourth-order valence-electron chi connectivity index (χ4n) is 3.03. The molecule has 1 aliphatic rings. The number of nitrogens with one attached hydrogen (secondary N) is 1. The van der Waals surface area contributed by atoms with E-state index < -0.39 is 10.0 Å². The zero-order chi connectivity index (χ0) is 19.4. The fourth-order valence-corrected chi connectivity index (χ4v) is 4.89. The minimum Gasteiger partial charge on any atom is -0.482 e. The zero-order valence-electron chi connectivity index (χ0n) is 14.9. The van der Waals surface area contributed by atoms with Crippen molar-refractivity contribution in [1.82, 2.24) is 5.32 Å². The molecule has 0 unspecified atom stereocenters. The number of likely N-dealkylation sites (N-methyl/N-ethyl adjacent to an activating group) is 1. The third kappa shape index (κ3) is 4.20. The van der Waals surface area contributed by atoms with Crippen LogP contribution in [0.15, 0.2) is 47.4 Å². The molecule has 0 saturated carbocycles. The van der Waals surface area contributed by atoms with Gasteiger partial charge in [0, 0.05) is 13.1 Å². The maximum atomic E-state index is 13.1. The smallest absolute Gasteiger partial charge is 0.264 e. The van der Waals surface area contributed by atoms with Gasteiger partial charge in [0.1, 0.15) is 5.75 Å². The first-order chi connectivity index (χ1) is 12.9. The highest BCUT2D eigenvalue weighted by atomic mass is 35.5. The van der Waals surface area contributed by atoms with E-state index in [-0.39, 0.29) is 28.2 Å². The maximum Gasteiger partial charge on any atom is 0.264 e. The van der Waals surface area contributed by atoms with Crippen LogP contribution in [0.1, 0.15) is 18.9 Å². The average Bonchev–Trinajstić information content (AvgIpc) is 2.66. The highest BCUT2D eigenvalue weighted by Gasteiger charge is 2.29. The van der Waals surface area contributed by atoms with Crippen LogP contribution in [0.3, 0.4) is 0 Å². The Morgan fingerprint density at radius 2 is 2.04 bits per heavy atom. The van der Waals surface area contributed by atoms with Gasteiger partial charge in [0.15, 0.2) is 6.61 Å². The van der Waals surface area contributed by atoms with Crippen molar-refractivity contribution in [2.24, 2.45) is 0 Å². The number of para-hydroxylation sites is 1. The van der Waals surface area contributed by atoms with Gasteiger partial charge in [0.25, 0.3) is 15.9 Å². The monoisotopic (exact) mass is 408 g/mol. The minimum atomic E-state index is -3.74. The Morgan fingerprint density at radius 1 is 1.26 bits per heavy atom. The zero-order valence-corrected chi connectivity index (χ0v) is 16.5. The first-order valence-electron chi connectivity index (χ1n) is 8.73. The van der Waals surface area contributed by atoms with Gasteiger partial charge in [-0.25, -0.2) is 8.42 Å². The van der Waals surface area contributed by atoms with Crippen molar-refractivity contribution in [3.8, 4) is 5.75 Å². The summed E-state index contributed by atoms with van der Waals surface area (Å²) in [7, 11) is -3.74. The van der Waals surface area contributed by atoms with Crippen LogP contribution in [0.4, 0.5) is 5.69 Å². The van der Waals surface area contributed by atoms with Crippen molar-refractivity contribution in [3.63, 3.8) is 0 Å². The molecule has 0 saturated heterocycles. The lowest BCUT2D eigenvalue weighted by atomic mass is 10.0. The summed E-state index contributed by atoms with van der Waals surface area (Å²) in [5, 5.41) is 2.76. The van der Waals surface area contributed by atoms with Gasteiger partial charge in [-0.05, 0) is 49.6 Å². The number of sulfonamides is 1. The number of amides is 1. The Hall–Kier alpha value is -2.25. The fraction of sp³-hybridized carbons (Fsp3) is 0.316. The quantitative estimate of drug-likeness (QED) is 0.797. The number of carbonyl (C=O) groups excluding carboxylic acids is 1. The molecule has 0 aliphatic carbocycles. The van der Waals surface area contributed by atoms with Gasteiger partial charge >= 0.3 is 0 Å². The second-order valence-electron chi connectivity index (χ2n) is 6.14. The molecular weight excluding hydrogens is 388 g/mol. The lowest BCUT2D eigenvalue weighted by Gasteiger charge is -2.30. The third-order valence-electron chi connectivity index (χ3n) is 4.29. The molecule has 1 aliphatic heterocycles. The van der Waals surface area contributed by atoms with E-state index in [0.29, 0.717) is 18.8 Å². The second kappa shape index (κ2) is 8.19. The number of aryl methyl sites for hydroxylation is 1. The van der Waals surface area contributed by atoms with Gasteiger partial charge in [-0.3, -0.25) is 9.10 Å². The molecule has 3 rings (SSSR count). The molecule has 0 atom stereocenters. The molecule has 144 valence electrons. The van der Waals surface area contributed by atoms with Gasteiger partial charge in [-0.1, -0.05) is 29.8 Å². The van der Waals surface area contributed by atoms with Crippen LogP contribution in [0.2, 0.25) is 5.02 Å². The van der Waals surface area contributed by atoms with E-state index in [4.69, 9.17) is 16.3 Å². The number of nitrogens with zero attached hydrogens (tertiary/aromatic N) is 1. The third-order valence-corrected chi connectivity index (χ3v) is 6.40. The molecule has 2 aromatic rings. The predicted octanol–water partition coefficient (Wildman–Crippen LogP) is 3.00. The first-order valence-corrected chi connectivity index (χ1v) is 10.5. The Labute approximate surface area is 164 Å². The summed E-state index contributed by atoms with van der Waals surface area (Å²) >= 11 is 6.20. The number of ether oxygens (including phenoxy) is 1. The second-order valence-corrected chi connectivity index (χ2v) is 8.41. The number of hydrogen-bond acceptors (Lipinski definition) is 4. The van der Waals surface area contributed by atoms with Crippen molar-refractivity contribution in [1.29, 1.82) is 0 Å². The normalized spacial score (nSPS) is 13.8. The van der Waals surface area contributed by atoms with Crippen LogP contribution in [0, 0.1) is 0 Å². The molecule has 8 heteroatoms. The van der Waals surface area contributed by atoms with E-state index in [9.17, 15) is 13.2 Å². The van der Waals surface area contributed by atoms with Crippen LogP contribution >= 0.6 is 11.6 Å². The number of fused-ring (bicyclic) bond motifs is 1. The number of halogens is 1. The van der Waals surface area contributed by atoms with E-state index in [1.807, 2.05) is 31.2 Å². The maximum absolute atomic E-state index is 13.1. The van der Waals surface area contributed by atoms with Gasteiger partial charge in [0.2, 0.25) is 0 Å². The summed E-state index contributed by atoms with van der Waals surface area (Å²) in [6.07, 6.45) is 1.62.